The van der Waals surface area contributed by atoms with Crippen LogP contribution in [0.15, 0.2) is 47.6 Å². The fraction of sp³-hybridized carbons (Fsp3) is 0.400. The van der Waals surface area contributed by atoms with Crippen LogP contribution in [0.3, 0.4) is 0 Å². The van der Waals surface area contributed by atoms with Crippen LogP contribution in [0.5, 0.6) is 0 Å². The quantitative estimate of drug-likeness (QED) is 0.348. The minimum Gasteiger partial charge on any atom is -0.508 e. The van der Waals surface area contributed by atoms with Crippen LogP contribution in [-0.2, 0) is 23.8 Å². The van der Waals surface area contributed by atoms with Crippen molar-refractivity contribution in [1.29, 1.82) is 0 Å². The number of hydrogen-bond donors (Lipinski definition) is 1. The van der Waals surface area contributed by atoms with E-state index < -0.39 is 5.97 Å². The Morgan fingerprint density at radius 2 is 1.96 bits per heavy atom. The fourth-order valence-corrected chi connectivity index (χ4v) is 2.87. The Morgan fingerprint density at radius 3 is 2.62 bits per heavy atom. The number of hydrogen-bond acceptors (Lipinski definition) is 6. The molecule has 0 fully saturated rings. The van der Waals surface area contributed by atoms with E-state index in [2.05, 4.69) is 0 Å². The zero-order valence-electron chi connectivity index (χ0n) is 15.3. The Bertz CT molecular complexity index is 728. The lowest BCUT2D eigenvalue weighted by atomic mass is 9.84. The molecule has 0 radical (unpaired) electrons. The third-order valence-electron chi connectivity index (χ3n) is 4.11. The lowest BCUT2D eigenvalue weighted by Gasteiger charge is -2.24. The summed E-state index contributed by atoms with van der Waals surface area (Å²) in [7, 11) is 1.49. The van der Waals surface area contributed by atoms with Gasteiger partial charge in [0.1, 0.15) is 18.1 Å². The summed E-state index contributed by atoms with van der Waals surface area (Å²) in [6.07, 6.45) is 2.21. The van der Waals surface area contributed by atoms with Gasteiger partial charge in [0.2, 0.25) is 5.76 Å². The summed E-state index contributed by atoms with van der Waals surface area (Å²) >= 11 is 0. The Morgan fingerprint density at radius 1 is 1.23 bits per heavy atom. The van der Waals surface area contributed by atoms with Gasteiger partial charge in [0.05, 0.1) is 6.61 Å². The second kappa shape index (κ2) is 9.20. The van der Waals surface area contributed by atoms with Gasteiger partial charge in [-0.25, -0.2) is 4.79 Å². The van der Waals surface area contributed by atoms with Crippen LogP contribution in [0.1, 0.15) is 36.8 Å². The molecular formula is C20H24O6. The van der Waals surface area contributed by atoms with Crippen molar-refractivity contribution in [2.45, 2.75) is 32.6 Å². The van der Waals surface area contributed by atoms with E-state index >= 15 is 0 Å². The molecule has 1 N–H and O–H groups in total. The maximum absolute atomic E-state index is 12.1. The highest BCUT2D eigenvalue weighted by Gasteiger charge is 2.27. The first-order chi connectivity index (χ1) is 12.4. The number of aryl methyl sites for hydroxylation is 1. The predicted octanol–water partition coefficient (Wildman–Crippen LogP) is 3.32. The molecule has 0 spiro atoms. The number of allylic oxidation sites excluding steroid dienone is 3. The molecule has 0 unspecified atom stereocenters. The van der Waals surface area contributed by atoms with Crippen molar-refractivity contribution >= 4 is 11.8 Å². The number of methoxy groups -OCH3 is 1. The molecule has 6 nitrogen and oxygen atoms in total. The van der Waals surface area contributed by atoms with E-state index in [1.165, 1.54) is 20.1 Å². The summed E-state index contributed by atoms with van der Waals surface area (Å²) in [5.41, 5.74) is 2.17. The SMILES string of the molecule is COCCOC(=O)/C(OC1=CC(=O)C[C@@H](c2ccccc2C)C1)=C(/C)O. The van der Waals surface area contributed by atoms with Crippen molar-refractivity contribution in [2.24, 2.45) is 0 Å². The first kappa shape index (κ1) is 19.7. The van der Waals surface area contributed by atoms with Crippen LogP contribution in [0, 0.1) is 6.92 Å². The molecule has 0 amide bonds. The van der Waals surface area contributed by atoms with Crippen LogP contribution >= 0.6 is 0 Å². The number of benzene rings is 1. The first-order valence-corrected chi connectivity index (χ1v) is 8.45. The summed E-state index contributed by atoms with van der Waals surface area (Å²) in [5.74, 6) is -1.20. The maximum atomic E-state index is 12.1. The monoisotopic (exact) mass is 360 g/mol. The highest BCUT2D eigenvalue weighted by Crippen LogP contribution is 2.34. The summed E-state index contributed by atoms with van der Waals surface area (Å²) < 4.78 is 15.4. The highest BCUT2D eigenvalue weighted by molar-refractivity contribution is 5.92. The van der Waals surface area contributed by atoms with E-state index in [4.69, 9.17) is 14.2 Å². The van der Waals surface area contributed by atoms with Gasteiger partial charge in [0, 0.05) is 26.0 Å². The van der Waals surface area contributed by atoms with E-state index in [-0.39, 0.29) is 36.4 Å². The van der Waals surface area contributed by atoms with Crippen molar-refractivity contribution < 1.29 is 28.9 Å². The van der Waals surface area contributed by atoms with E-state index in [9.17, 15) is 14.7 Å². The van der Waals surface area contributed by atoms with Crippen molar-refractivity contribution in [1.82, 2.24) is 0 Å². The molecule has 1 aromatic carbocycles. The van der Waals surface area contributed by atoms with Gasteiger partial charge in [-0.05, 0) is 30.9 Å². The molecule has 2 rings (SSSR count). The number of rotatable bonds is 7. The smallest absolute Gasteiger partial charge is 0.377 e. The maximum Gasteiger partial charge on any atom is 0.377 e. The molecule has 6 heteroatoms. The fourth-order valence-electron chi connectivity index (χ4n) is 2.87. The Balaban J connectivity index is 2.14. The van der Waals surface area contributed by atoms with Gasteiger partial charge in [-0.2, -0.15) is 0 Å². The molecule has 1 aliphatic rings. The van der Waals surface area contributed by atoms with Gasteiger partial charge in [-0.15, -0.1) is 0 Å². The second-order valence-corrected chi connectivity index (χ2v) is 6.18. The molecule has 26 heavy (non-hydrogen) atoms. The molecule has 0 saturated heterocycles. The molecule has 0 aromatic heterocycles. The van der Waals surface area contributed by atoms with Crippen molar-refractivity contribution in [3.63, 3.8) is 0 Å². The van der Waals surface area contributed by atoms with Crippen LogP contribution in [-0.4, -0.2) is 37.2 Å². The molecule has 1 aliphatic carbocycles. The largest absolute Gasteiger partial charge is 0.508 e. The third kappa shape index (κ3) is 5.20. The molecule has 0 saturated carbocycles. The van der Waals surface area contributed by atoms with Gasteiger partial charge in [0.25, 0.3) is 0 Å². The zero-order chi connectivity index (χ0) is 19.1. The molecule has 1 aromatic rings. The average Bonchev–Trinajstić information content (AvgIpc) is 2.59. The predicted molar refractivity (Wildman–Crippen MR) is 95.5 cm³/mol. The Kier molecular flexibility index (Phi) is 6.97. The van der Waals surface area contributed by atoms with E-state index in [0.29, 0.717) is 18.6 Å². The molecule has 0 heterocycles. The van der Waals surface area contributed by atoms with Gasteiger partial charge in [-0.3, -0.25) is 4.79 Å². The summed E-state index contributed by atoms with van der Waals surface area (Å²) in [6, 6.07) is 7.86. The van der Waals surface area contributed by atoms with Crippen LogP contribution in [0.2, 0.25) is 0 Å². The van der Waals surface area contributed by atoms with E-state index in [1.54, 1.807) is 0 Å². The lowest BCUT2D eigenvalue weighted by Crippen LogP contribution is -2.19. The molecule has 0 bridgehead atoms. The van der Waals surface area contributed by atoms with Crippen molar-refractivity contribution in [3.05, 3.63) is 58.7 Å². The minimum absolute atomic E-state index is 0.0338. The standard InChI is InChI=1S/C20H24O6/c1-13-6-4-5-7-18(13)15-10-16(22)12-17(11-15)26-19(14(2)21)20(23)25-9-8-24-3/h4-7,12,15,21H,8-11H2,1-3H3/b19-14+/t15-/m1/s1. The van der Waals surface area contributed by atoms with Crippen LogP contribution in [0.25, 0.3) is 0 Å². The van der Waals surface area contributed by atoms with Gasteiger partial charge >= 0.3 is 5.97 Å². The Labute approximate surface area is 153 Å². The average molecular weight is 360 g/mol. The van der Waals surface area contributed by atoms with Gasteiger partial charge in [-0.1, -0.05) is 24.3 Å². The number of ether oxygens (including phenoxy) is 3. The number of esters is 1. The molecular weight excluding hydrogens is 336 g/mol. The van der Waals surface area contributed by atoms with Gasteiger partial charge in [0.15, 0.2) is 5.78 Å². The van der Waals surface area contributed by atoms with Gasteiger partial charge < -0.3 is 19.3 Å². The summed E-state index contributed by atoms with van der Waals surface area (Å²) in [4.78, 5) is 24.2. The summed E-state index contributed by atoms with van der Waals surface area (Å²) in [5, 5.41) is 9.77. The third-order valence-corrected chi connectivity index (χ3v) is 4.11. The van der Waals surface area contributed by atoms with Crippen LogP contribution in [0.4, 0.5) is 0 Å². The molecule has 0 aliphatic heterocycles. The number of carbonyl (C=O) groups is 2. The number of ketones is 1. The minimum atomic E-state index is -0.798. The summed E-state index contributed by atoms with van der Waals surface area (Å²) in [6.45, 7) is 3.60. The van der Waals surface area contributed by atoms with E-state index in [1.807, 2.05) is 31.2 Å². The second-order valence-electron chi connectivity index (χ2n) is 6.18. The van der Waals surface area contributed by atoms with Crippen molar-refractivity contribution in [2.75, 3.05) is 20.3 Å². The topological polar surface area (TPSA) is 82.1 Å². The van der Waals surface area contributed by atoms with Crippen LogP contribution < -0.4 is 0 Å². The number of aliphatic hydroxyl groups is 1. The Hall–Kier alpha value is -2.60. The first-order valence-electron chi connectivity index (χ1n) is 8.45. The lowest BCUT2D eigenvalue weighted by molar-refractivity contribution is -0.144. The highest BCUT2D eigenvalue weighted by atomic mass is 16.6. The molecule has 140 valence electrons. The number of aliphatic hydroxyl groups excluding tert-OH is 1. The normalized spacial score (nSPS) is 18.0. The number of carbonyl (C=O) groups excluding carboxylic acids is 2. The molecule has 1 atom stereocenters. The zero-order valence-corrected chi connectivity index (χ0v) is 15.3. The van der Waals surface area contributed by atoms with Crippen molar-refractivity contribution in [3.8, 4) is 0 Å². The van der Waals surface area contributed by atoms with E-state index in [0.717, 1.165) is 11.1 Å².